The Hall–Kier alpha value is 0.0469. The van der Waals surface area contributed by atoms with Gasteiger partial charge in [-0.15, -0.1) is 11.6 Å². The van der Waals surface area contributed by atoms with Gasteiger partial charge in [0.2, 0.25) is 8.32 Å². The van der Waals surface area contributed by atoms with Gasteiger partial charge in [0.15, 0.2) is 0 Å². The van der Waals surface area contributed by atoms with E-state index in [1.165, 1.54) is 0 Å². The summed E-state index contributed by atoms with van der Waals surface area (Å²) in [6, 6.07) is 0. The highest BCUT2D eigenvalue weighted by molar-refractivity contribution is 6.70. The lowest BCUT2D eigenvalue weighted by Gasteiger charge is -2.19. The van der Waals surface area contributed by atoms with Crippen molar-refractivity contribution >= 4 is 19.9 Å². The largest absolute Gasteiger partial charge is 0.548 e. The van der Waals surface area contributed by atoms with Gasteiger partial charge in [0.25, 0.3) is 0 Å². The fourth-order valence-corrected chi connectivity index (χ4v) is 1.90. The third-order valence-corrected chi connectivity index (χ3v) is 1.92. The summed E-state index contributed by atoms with van der Waals surface area (Å²) in [4.78, 5) is 0. The van der Waals surface area contributed by atoms with Crippen molar-refractivity contribution in [3.05, 3.63) is 11.8 Å². The smallest absolute Gasteiger partial charge is 0.241 e. The topological polar surface area (TPSA) is 9.23 Å². The van der Waals surface area contributed by atoms with E-state index in [-0.39, 0.29) is 0 Å². The molecule has 0 N–H and O–H groups in total. The summed E-state index contributed by atoms with van der Waals surface area (Å²) in [5.41, 5.74) is 0. The zero-order chi connectivity index (χ0) is 8.20. The molecule has 0 spiro atoms. The van der Waals surface area contributed by atoms with Crippen LogP contribution in [0.15, 0.2) is 11.8 Å². The van der Waals surface area contributed by atoms with E-state index in [2.05, 4.69) is 19.6 Å². The molecule has 0 rings (SSSR count). The third-order valence-electron chi connectivity index (χ3n) is 0.832. The van der Waals surface area contributed by atoms with Crippen LogP contribution in [0.25, 0.3) is 0 Å². The molecule has 0 radical (unpaired) electrons. The Bertz CT molecular complexity index is 126. The molecule has 0 amide bonds. The number of rotatable bonds is 3. The number of halogens is 1. The van der Waals surface area contributed by atoms with E-state index in [1.807, 2.05) is 13.0 Å². The average molecular weight is 179 g/mol. The first kappa shape index (κ1) is 10.0. The van der Waals surface area contributed by atoms with Crippen LogP contribution in [0.5, 0.6) is 0 Å². The first-order chi connectivity index (χ1) is 4.45. The van der Waals surface area contributed by atoms with Crippen molar-refractivity contribution in [2.45, 2.75) is 26.6 Å². The molecular weight excluding hydrogens is 164 g/mol. The van der Waals surface area contributed by atoms with Crippen molar-refractivity contribution in [2.75, 3.05) is 5.88 Å². The second kappa shape index (κ2) is 4.04. The van der Waals surface area contributed by atoms with Gasteiger partial charge in [-0.3, -0.25) is 0 Å². The SMILES string of the molecule is C/C(=C/CCl)O[Si](C)(C)C. The molecule has 0 aliphatic heterocycles. The van der Waals surface area contributed by atoms with Crippen molar-refractivity contribution in [3.8, 4) is 0 Å². The maximum Gasteiger partial charge on any atom is 0.241 e. The number of hydrogen-bond acceptors (Lipinski definition) is 1. The molecule has 0 saturated carbocycles. The minimum Gasteiger partial charge on any atom is -0.548 e. The lowest BCUT2D eigenvalue weighted by atomic mass is 10.5. The zero-order valence-corrected chi connectivity index (χ0v) is 8.83. The molecule has 0 saturated heterocycles. The van der Waals surface area contributed by atoms with E-state index < -0.39 is 8.32 Å². The first-order valence-electron chi connectivity index (χ1n) is 3.37. The lowest BCUT2D eigenvalue weighted by Crippen LogP contribution is -2.24. The van der Waals surface area contributed by atoms with Gasteiger partial charge in [0, 0.05) is 5.88 Å². The molecule has 0 fully saturated rings. The van der Waals surface area contributed by atoms with Gasteiger partial charge in [-0.1, -0.05) is 0 Å². The summed E-state index contributed by atoms with van der Waals surface area (Å²) >= 11 is 5.48. The van der Waals surface area contributed by atoms with Crippen LogP contribution in [0.4, 0.5) is 0 Å². The molecule has 0 heterocycles. The van der Waals surface area contributed by atoms with Crippen molar-refractivity contribution in [3.63, 3.8) is 0 Å². The van der Waals surface area contributed by atoms with Gasteiger partial charge in [-0.25, -0.2) is 0 Å². The van der Waals surface area contributed by atoms with Gasteiger partial charge in [0.05, 0.1) is 5.76 Å². The highest BCUT2D eigenvalue weighted by Gasteiger charge is 2.15. The van der Waals surface area contributed by atoms with Crippen LogP contribution < -0.4 is 0 Å². The Balaban J connectivity index is 3.79. The number of hydrogen-bond donors (Lipinski definition) is 0. The quantitative estimate of drug-likeness (QED) is 0.367. The van der Waals surface area contributed by atoms with E-state index in [1.54, 1.807) is 0 Å². The van der Waals surface area contributed by atoms with Crippen molar-refractivity contribution in [2.24, 2.45) is 0 Å². The van der Waals surface area contributed by atoms with Crippen molar-refractivity contribution in [1.82, 2.24) is 0 Å². The van der Waals surface area contributed by atoms with E-state index in [0.29, 0.717) is 5.88 Å². The van der Waals surface area contributed by atoms with Crippen LogP contribution in [0, 0.1) is 0 Å². The van der Waals surface area contributed by atoms with Crippen LogP contribution in [-0.2, 0) is 4.43 Å². The fraction of sp³-hybridized carbons (Fsp3) is 0.714. The second-order valence-electron chi connectivity index (χ2n) is 3.18. The Labute approximate surface area is 69.2 Å². The first-order valence-corrected chi connectivity index (χ1v) is 7.32. The monoisotopic (exact) mass is 178 g/mol. The van der Waals surface area contributed by atoms with Crippen molar-refractivity contribution in [1.29, 1.82) is 0 Å². The van der Waals surface area contributed by atoms with Gasteiger partial charge < -0.3 is 4.43 Å². The van der Waals surface area contributed by atoms with Gasteiger partial charge in [0.1, 0.15) is 0 Å². The molecule has 0 aromatic carbocycles. The third kappa shape index (κ3) is 6.17. The highest BCUT2D eigenvalue weighted by Crippen LogP contribution is 2.09. The minimum atomic E-state index is -1.38. The van der Waals surface area contributed by atoms with Crippen LogP contribution in [0.3, 0.4) is 0 Å². The summed E-state index contributed by atoms with van der Waals surface area (Å²) in [5.74, 6) is 1.49. The molecule has 1 nitrogen and oxygen atoms in total. The van der Waals surface area contributed by atoms with Gasteiger partial charge in [-0.2, -0.15) is 0 Å². The molecule has 0 unspecified atom stereocenters. The molecular formula is C7H15ClOSi. The van der Waals surface area contributed by atoms with Crippen LogP contribution in [0.1, 0.15) is 6.92 Å². The summed E-state index contributed by atoms with van der Waals surface area (Å²) < 4.78 is 5.59. The summed E-state index contributed by atoms with van der Waals surface area (Å²) in [6.07, 6.45) is 1.89. The van der Waals surface area contributed by atoms with Gasteiger partial charge in [-0.05, 0) is 32.6 Å². The maximum atomic E-state index is 5.59. The van der Waals surface area contributed by atoms with E-state index in [0.717, 1.165) is 5.76 Å². The zero-order valence-electron chi connectivity index (χ0n) is 7.07. The maximum absolute atomic E-state index is 5.59. The van der Waals surface area contributed by atoms with E-state index in [9.17, 15) is 0 Å². The van der Waals surface area contributed by atoms with Crippen molar-refractivity contribution < 1.29 is 4.43 Å². The molecule has 0 bridgehead atoms. The number of alkyl halides is 1. The second-order valence-corrected chi connectivity index (χ2v) is 7.92. The van der Waals surface area contributed by atoms with Crippen LogP contribution in [0.2, 0.25) is 19.6 Å². The predicted molar refractivity (Wildman–Crippen MR) is 48.9 cm³/mol. The van der Waals surface area contributed by atoms with E-state index in [4.69, 9.17) is 16.0 Å². The standard InChI is InChI=1S/C7H15ClOSi/c1-7(5-6-8)9-10(2,3)4/h5H,6H2,1-4H3/b7-5-. The fourth-order valence-electron chi connectivity index (χ4n) is 0.633. The summed E-state index contributed by atoms with van der Waals surface area (Å²) in [5, 5.41) is 0. The molecule has 0 aromatic heterocycles. The summed E-state index contributed by atoms with van der Waals surface area (Å²) in [6.45, 7) is 8.40. The Morgan fingerprint density at radius 2 is 2.00 bits per heavy atom. The Kier molecular flexibility index (Phi) is 4.06. The highest BCUT2D eigenvalue weighted by atomic mass is 35.5. The summed E-state index contributed by atoms with van der Waals surface area (Å²) in [7, 11) is -1.38. The van der Waals surface area contributed by atoms with Crippen LogP contribution in [-0.4, -0.2) is 14.2 Å². The average Bonchev–Trinajstić information content (AvgIpc) is 1.59. The molecule has 3 heteroatoms. The van der Waals surface area contributed by atoms with Gasteiger partial charge >= 0.3 is 0 Å². The minimum absolute atomic E-state index is 0.538. The van der Waals surface area contributed by atoms with Crippen LogP contribution >= 0.6 is 11.6 Å². The lowest BCUT2D eigenvalue weighted by molar-refractivity contribution is 0.423. The number of allylic oxidation sites excluding steroid dienone is 2. The Morgan fingerprint density at radius 3 is 2.30 bits per heavy atom. The normalized spacial score (nSPS) is 13.5. The predicted octanol–water partition coefficient (Wildman–Crippen LogP) is 2.98. The molecule has 60 valence electrons. The molecule has 0 aliphatic rings. The molecule has 0 atom stereocenters. The molecule has 0 aromatic rings. The molecule has 10 heavy (non-hydrogen) atoms. The molecule has 0 aliphatic carbocycles. The Morgan fingerprint density at radius 1 is 1.50 bits per heavy atom. The van der Waals surface area contributed by atoms with E-state index >= 15 is 0 Å².